The summed E-state index contributed by atoms with van der Waals surface area (Å²) >= 11 is 0. The molecule has 24 heavy (non-hydrogen) atoms. The normalized spacial score (nSPS) is 23.3. The first-order chi connectivity index (χ1) is 10.9. The van der Waals surface area contributed by atoms with Crippen molar-refractivity contribution in [3.8, 4) is 0 Å². The Morgan fingerprint density at radius 1 is 1.08 bits per heavy atom. The smallest absolute Gasteiger partial charge is 0.414 e. The highest BCUT2D eigenvalue weighted by Crippen LogP contribution is 2.41. The zero-order chi connectivity index (χ0) is 18.2. The van der Waals surface area contributed by atoms with E-state index in [9.17, 15) is 13.2 Å². The topological polar surface area (TPSA) is 9.23 Å². The molecule has 0 aliphatic heterocycles. The Labute approximate surface area is 144 Å². The summed E-state index contributed by atoms with van der Waals surface area (Å²) < 4.78 is 45.0. The van der Waals surface area contributed by atoms with Crippen molar-refractivity contribution in [1.82, 2.24) is 0 Å². The molecule has 0 spiro atoms. The van der Waals surface area contributed by atoms with E-state index in [0.717, 1.165) is 30.9 Å². The summed E-state index contributed by atoms with van der Waals surface area (Å²) in [6.45, 7) is 11.1. The lowest BCUT2D eigenvalue weighted by molar-refractivity contribution is -0.137. The third kappa shape index (κ3) is 4.63. The molecule has 0 saturated heterocycles. The average Bonchev–Trinajstić information content (AvgIpc) is 2.46. The van der Waals surface area contributed by atoms with E-state index in [1.165, 1.54) is 12.1 Å². The number of alkyl halides is 3. The second-order valence-electron chi connectivity index (χ2n) is 8.29. The third-order valence-electron chi connectivity index (χ3n) is 5.42. The van der Waals surface area contributed by atoms with Gasteiger partial charge < -0.3 is 4.43 Å². The molecule has 1 nitrogen and oxygen atoms in total. The van der Waals surface area contributed by atoms with Gasteiger partial charge in [-0.3, -0.25) is 0 Å². The van der Waals surface area contributed by atoms with Gasteiger partial charge in [-0.15, -0.1) is 0 Å². The van der Waals surface area contributed by atoms with Crippen LogP contribution in [0.15, 0.2) is 24.3 Å². The number of hydrogen-bond donors (Lipinski definition) is 0. The summed E-state index contributed by atoms with van der Waals surface area (Å²) in [6, 6.07) is 5.76. The van der Waals surface area contributed by atoms with Gasteiger partial charge in [0.1, 0.15) is 0 Å². The fraction of sp³-hybridized carbons (Fsp3) is 0.632. The predicted molar refractivity (Wildman–Crippen MR) is 94.4 cm³/mol. The van der Waals surface area contributed by atoms with Crippen LogP contribution >= 0.6 is 0 Å². The van der Waals surface area contributed by atoms with Crippen molar-refractivity contribution in [2.75, 3.05) is 0 Å². The Kier molecular flexibility index (Phi) is 5.55. The van der Waals surface area contributed by atoms with Gasteiger partial charge in [0, 0.05) is 6.10 Å². The lowest BCUT2D eigenvalue weighted by Crippen LogP contribution is -2.44. The van der Waals surface area contributed by atoms with Crippen LogP contribution in [0.25, 0.3) is 0 Å². The predicted octanol–water partition coefficient (Wildman–Crippen LogP) is 6.57. The first-order valence-corrected chi connectivity index (χ1v) is 11.5. The summed E-state index contributed by atoms with van der Waals surface area (Å²) in [4.78, 5) is 0. The van der Waals surface area contributed by atoms with E-state index < -0.39 is 20.1 Å². The van der Waals surface area contributed by atoms with Crippen LogP contribution in [0.5, 0.6) is 0 Å². The maximum Gasteiger partial charge on any atom is 0.416 e. The highest BCUT2D eigenvalue weighted by molar-refractivity contribution is 6.74. The lowest BCUT2D eigenvalue weighted by atomic mass is 9.82. The Morgan fingerprint density at radius 2 is 1.75 bits per heavy atom. The molecule has 0 unspecified atom stereocenters. The maximum atomic E-state index is 12.9. The van der Waals surface area contributed by atoms with Crippen LogP contribution in [0, 0.1) is 6.42 Å². The largest absolute Gasteiger partial charge is 0.416 e. The molecule has 2 atom stereocenters. The van der Waals surface area contributed by atoms with Crippen LogP contribution in [0.3, 0.4) is 0 Å². The minimum atomic E-state index is -4.28. The average molecular weight is 358 g/mol. The summed E-state index contributed by atoms with van der Waals surface area (Å²) in [6.07, 6.45) is 0.551. The van der Waals surface area contributed by atoms with E-state index in [1.807, 2.05) is 6.07 Å². The molecular formula is C19H28F3OSi. The molecule has 0 amide bonds. The minimum Gasteiger partial charge on any atom is -0.414 e. The van der Waals surface area contributed by atoms with E-state index >= 15 is 0 Å². The third-order valence-corrected chi connectivity index (χ3v) is 9.93. The van der Waals surface area contributed by atoms with Crippen LogP contribution in [-0.4, -0.2) is 14.4 Å². The van der Waals surface area contributed by atoms with Crippen molar-refractivity contribution in [3.05, 3.63) is 41.8 Å². The van der Waals surface area contributed by atoms with Crippen molar-refractivity contribution < 1.29 is 17.6 Å². The molecule has 1 aliphatic rings. The number of halogens is 3. The molecule has 5 heteroatoms. The minimum absolute atomic E-state index is 0.132. The van der Waals surface area contributed by atoms with E-state index in [2.05, 4.69) is 40.3 Å². The SMILES string of the molecule is CC(C)(C)[Si](C)(C)O[C@H]1[CH]C[C@H](c2cccc(C(F)(F)F)c2)CC1. The Bertz CT molecular complexity index is 552. The molecule has 1 saturated carbocycles. The summed E-state index contributed by atoms with van der Waals surface area (Å²) in [5.41, 5.74) is 0.228. The van der Waals surface area contributed by atoms with Gasteiger partial charge >= 0.3 is 6.18 Å². The Morgan fingerprint density at radius 3 is 2.25 bits per heavy atom. The van der Waals surface area contributed by atoms with E-state index in [0.29, 0.717) is 0 Å². The number of benzene rings is 1. The lowest BCUT2D eigenvalue weighted by Gasteiger charge is -2.41. The molecule has 0 aromatic heterocycles. The highest BCUT2D eigenvalue weighted by Gasteiger charge is 2.40. The molecule has 1 aromatic rings. The van der Waals surface area contributed by atoms with Crippen molar-refractivity contribution in [1.29, 1.82) is 0 Å². The standard InChI is InChI=1S/C19H28F3OSi/c1-18(2,3)24(4,5)23-17-11-9-14(10-12-17)15-7-6-8-16(13-15)19(20,21)22/h6-8,11,13-14,17H,9-10,12H2,1-5H3/t14-,17-/m0/s1. The second-order valence-corrected chi connectivity index (χ2v) is 13.0. The summed E-state index contributed by atoms with van der Waals surface area (Å²) in [7, 11) is -1.81. The van der Waals surface area contributed by atoms with E-state index in [-0.39, 0.29) is 17.1 Å². The Balaban J connectivity index is 1.99. The van der Waals surface area contributed by atoms with Crippen LogP contribution < -0.4 is 0 Å². The van der Waals surface area contributed by atoms with Crippen LogP contribution in [0.2, 0.25) is 18.1 Å². The quantitative estimate of drug-likeness (QED) is 0.556. The van der Waals surface area contributed by atoms with E-state index in [1.54, 1.807) is 0 Å². The number of hydrogen-bond acceptors (Lipinski definition) is 1. The summed E-state index contributed by atoms with van der Waals surface area (Å²) in [5, 5.41) is 0.165. The number of rotatable bonds is 3. The fourth-order valence-corrected chi connectivity index (χ4v) is 4.18. The van der Waals surface area contributed by atoms with Crippen molar-refractivity contribution >= 4 is 8.32 Å². The van der Waals surface area contributed by atoms with Gasteiger partial charge in [0.05, 0.1) is 5.56 Å². The Hall–Kier alpha value is -0.813. The molecule has 0 N–H and O–H groups in total. The zero-order valence-corrected chi connectivity index (χ0v) is 16.2. The van der Waals surface area contributed by atoms with E-state index in [4.69, 9.17) is 4.43 Å². The maximum absolute atomic E-state index is 12.9. The van der Waals surface area contributed by atoms with Crippen LogP contribution in [-0.2, 0) is 10.6 Å². The highest BCUT2D eigenvalue weighted by atomic mass is 28.4. The van der Waals surface area contributed by atoms with Gasteiger partial charge in [0.15, 0.2) is 8.32 Å². The first kappa shape index (κ1) is 19.5. The summed E-state index contributed by atoms with van der Waals surface area (Å²) in [5.74, 6) is 0.159. The monoisotopic (exact) mass is 357 g/mol. The molecule has 2 rings (SSSR count). The van der Waals surface area contributed by atoms with Gasteiger partial charge in [0.2, 0.25) is 0 Å². The first-order valence-electron chi connectivity index (χ1n) is 8.58. The second kappa shape index (κ2) is 6.83. The molecule has 135 valence electrons. The van der Waals surface area contributed by atoms with Gasteiger partial charge in [-0.25, -0.2) is 0 Å². The molecule has 1 aliphatic carbocycles. The molecular weight excluding hydrogens is 329 g/mol. The van der Waals surface area contributed by atoms with Crippen molar-refractivity contribution in [3.63, 3.8) is 0 Å². The molecule has 1 aromatic carbocycles. The fourth-order valence-electron chi connectivity index (χ4n) is 2.85. The van der Waals surface area contributed by atoms with Gasteiger partial charge in [-0.2, -0.15) is 13.2 Å². The molecule has 0 bridgehead atoms. The van der Waals surface area contributed by atoms with Crippen LogP contribution in [0.4, 0.5) is 13.2 Å². The zero-order valence-electron chi connectivity index (χ0n) is 15.2. The van der Waals surface area contributed by atoms with Gasteiger partial charge in [-0.1, -0.05) is 39.0 Å². The van der Waals surface area contributed by atoms with Crippen molar-refractivity contribution in [2.24, 2.45) is 0 Å². The van der Waals surface area contributed by atoms with Gasteiger partial charge in [0.25, 0.3) is 0 Å². The van der Waals surface area contributed by atoms with Crippen LogP contribution in [0.1, 0.15) is 57.1 Å². The molecule has 0 heterocycles. The van der Waals surface area contributed by atoms with Gasteiger partial charge in [-0.05, 0) is 61.4 Å². The molecule has 1 fully saturated rings. The van der Waals surface area contributed by atoms with Crippen molar-refractivity contribution in [2.45, 2.75) is 76.4 Å². The molecule has 1 radical (unpaired) electrons.